The molecule has 13 heavy (non-hydrogen) atoms. The van der Waals surface area contributed by atoms with Crippen molar-refractivity contribution >= 4 is 5.97 Å². The van der Waals surface area contributed by atoms with Gasteiger partial charge in [0.2, 0.25) is 0 Å². The van der Waals surface area contributed by atoms with Crippen LogP contribution in [0, 0.1) is 0 Å². The Hall–Kier alpha value is -0.830. The summed E-state index contributed by atoms with van der Waals surface area (Å²) in [5.74, 6) is -0.806. The van der Waals surface area contributed by atoms with E-state index in [-0.39, 0.29) is 0 Å². The first-order chi connectivity index (χ1) is 6.16. The van der Waals surface area contributed by atoms with E-state index in [9.17, 15) is 4.79 Å². The van der Waals surface area contributed by atoms with Crippen molar-refractivity contribution in [2.24, 2.45) is 0 Å². The van der Waals surface area contributed by atoms with Crippen LogP contribution in [0.3, 0.4) is 0 Å². The summed E-state index contributed by atoms with van der Waals surface area (Å²) in [5.41, 5.74) is 1.08. The summed E-state index contributed by atoms with van der Waals surface area (Å²) < 4.78 is 0. The highest BCUT2D eigenvalue weighted by molar-refractivity contribution is 5.80. The van der Waals surface area contributed by atoms with E-state index in [1.54, 1.807) is 0 Å². The Bertz CT molecular complexity index is 256. The first-order valence-corrected chi connectivity index (χ1v) is 4.85. The summed E-state index contributed by atoms with van der Waals surface area (Å²) in [6.45, 7) is 3.05. The van der Waals surface area contributed by atoms with Gasteiger partial charge in [0.05, 0.1) is 0 Å². The van der Waals surface area contributed by atoms with Gasteiger partial charge in [-0.2, -0.15) is 0 Å². The summed E-state index contributed by atoms with van der Waals surface area (Å²) in [6, 6.07) is 1.28. The molecule has 1 heterocycles. The molecule has 1 N–H and O–H groups in total. The molecule has 1 aliphatic carbocycles. The summed E-state index contributed by atoms with van der Waals surface area (Å²) >= 11 is 0. The largest absolute Gasteiger partial charge is 0.478 e. The summed E-state index contributed by atoms with van der Waals surface area (Å²) in [5, 5.41) is 8.61. The monoisotopic (exact) mass is 181 g/mol. The minimum atomic E-state index is -0.806. The second kappa shape index (κ2) is 3.14. The second-order valence-electron chi connectivity index (χ2n) is 4.10. The quantitative estimate of drug-likeness (QED) is 0.652. The molecule has 1 saturated carbocycles. The van der Waals surface area contributed by atoms with Crippen LogP contribution >= 0.6 is 0 Å². The average molecular weight is 181 g/mol. The van der Waals surface area contributed by atoms with Crippen molar-refractivity contribution < 1.29 is 9.90 Å². The molecule has 1 atom stereocenters. The first-order valence-electron chi connectivity index (χ1n) is 4.85. The maximum absolute atomic E-state index is 10.5. The summed E-state index contributed by atoms with van der Waals surface area (Å²) in [7, 11) is 0. The van der Waals surface area contributed by atoms with Crippen LogP contribution < -0.4 is 0 Å². The lowest BCUT2D eigenvalue weighted by molar-refractivity contribution is -0.131. The van der Waals surface area contributed by atoms with Crippen molar-refractivity contribution in [1.29, 1.82) is 0 Å². The van der Waals surface area contributed by atoms with Gasteiger partial charge in [-0.05, 0) is 31.8 Å². The topological polar surface area (TPSA) is 40.5 Å². The molecule has 2 aliphatic rings. The van der Waals surface area contributed by atoms with Crippen molar-refractivity contribution in [3.8, 4) is 0 Å². The maximum Gasteiger partial charge on any atom is 0.328 e. The molecule has 0 aromatic carbocycles. The van der Waals surface area contributed by atoms with E-state index >= 15 is 0 Å². The number of aliphatic carboxylic acids is 1. The zero-order valence-electron chi connectivity index (χ0n) is 7.86. The molecule has 1 saturated heterocycles. The number of nitrogens with zero attached hydrogens (tertiary/aromatic N) is 1. The maximum atomic E-state index is 10.5. The van der Waals surface area contributed by atoms with Gasteiger partial charge < -0.3 is 5.11 Å². The van der Waals surface area contributed by atoms with Gasteiger partial charge in [0.1, 0.15) is 0 Å². The van der Waals surface area contributed by atoms with Crippen LogP contribution in [-0.4, -0.2) is 34.6 Å². The SMILES string of the molecule is CC1C/C(=C\C(=O)O)CN1C1CC1. The predicted octanol–water partition coefficient (Wildman–Crippen LogP) is 1.25. The average Bonchev–Trinajstić information content (AvgIpc) is 2.77. The van der Waals surface area contributed by atoms with Gasteiger partial charge in [-0.25, -0.2) is 4.79 Å². The van der Waals surface area contributed by atoms with E-state index in [4.69, 9.17) is 5.11 Å². The van der Waals surface area contributed by atoms with Gasteiger partial charge in [-0.15, -0.1) is 0 Å². The highest BCUT2D eigenvalue weighted by Crippen LogP contribution is 2.34. The molecule has 2 fully saturated rings. The van der Waals surface area contributed by atoms with Gasteiger partial charge in [-0.1, -0.05) is 0 Å². The molecule has 1 aliphatic heterocycles. The Balaban J connectivity index is 2.01. The third-order valence-electron chi connectivity index (χ3n) is 2.85. The van der Waals surface area contributed by atoms with Crippen LogP contribution in [0.5, 0.6) is 0 Å². The van der Waals surface area contributed by atoms with E-state index in [1.807, 2.05) is 0 Å². The normalized spacial score (nSPS) is 32.7. The second-order valence-corrected chi connectivity index (χ2v) is 4.10. The van der Waals surface area contributed by atoms with Crippen molar-refractivity contribution in [1.82, 2.24) is 4.90 Å². The van der Waals surface area contributed by atoms with Gasteiger partial charge in [0.15, 0.2) is 0 Å². The zero-order chi connectivity index (χ0) is 9.42. The van der Waals surface area contributed by atoms with Gasteiger partial charge in [0, 0.05) is 24.7 Å². The van der Waals surface area contributed by atoms with Gasteiger partial charge >= 0.3 is 5.97 Å². The Morgan fingerprint density at radius 2 is 2.31 bits per heavy atom. The molecule has 72 valence electrons. The molecule has 0 aromatic rings. The Labute approximate surface area is 78.0 Å². The molecule has 0 spiro atoms. The van der Waals surface area contributed by atoms with Crippen LogP contribution in [0.1, 0.15) is 26.2 Å². The van der Waals surface area contributed by atoms with Crippen LogP contribution in [0.4, 0.5) is 0 Å². The number of likely N-dealkylation sites (tertiary alicyclic amines) is 1. The van der Waals surface area contributed by atoms with Crippen molar-refractivity contribution in [3.05, 3.63) is 11.6 Å². The van der Waals surface area contributed by atoms with E-state index in [0.717, 1.165) is 24.6 Å². The van der Waals surface area contributed by atoms with Crippen LogP contribution in [-0.2, 0) is 4.79 Å². The lowest BCUT2D eigenvalue weighted by Crippen LogP contribution is -2.28. The highest BCUT2D eigenvalue weighted by Gasteiger charge is 2.36. The first kappa shape index (κ1) is 8.75. The molecule has 0 aromatic heterocycles. The molecule has 1 unspecified atom stereocenters. The lowest BCUT2D eigenvalue weighted by atomic mass is 10.2. The third kappa shape index (κ3) is 1.91. The fourth-order valence-electron chi connectivity index (χ4n) is 2.13. The smallest absolute Gasteiger partial charge is 0.328 e. The van der Waals surface area contributed by atoms with E-state index in [1.165, 1.54) is 18.9 Å². The standard InChI is InChI=1S/C10H15NO2/c1-7-4-8(5-10(12)13)6-11(7)9-2-3-9/h5,7,9H,2-4,6H2,1H3,(H,12,13)/b8-5+. The molecule has 0 amide bonds. The molecule has 0 radical (unpaired) electrons. The third-order valence-corrected chi connectivity index (χ3v) is 2.85. The van der Waals surface area contributed by atoms with Crippen LogP contribution in [0.15, 0.2) is 11.6 Å². The lowest BCUT2D eigenvalue weighted by Gasteiger charge is -2.19. The minimum absolute atomic E-state index is 0.540. The molecule has 3 heteroatoms. The molecule has 3 nitrogen and oxygen atoms in total. The van der Waals surface area contributed by atoms with E-state index in [0.29, 0.717) is 6.04 Å². The predicted molar refractivity (Wildman–Crippen MR) is 49.5 cm³/mol. The van der Waals surface area contributed by atoms with Crippen molar-refractivity contribution in [3.63, 3.8) is 0 Å². The Morgan fingerprint density at radius 1 is 1.62 bits per heavy atom. The molecule has 2 rings (SSSR count). The summed E-state index contributed by atoms with van der Waals surface area (Å²) in [4.78, 5) is 12.9. The number of rotatable bonds is 2. The Morgan fingerprint density at radius 3 is 2.85 bits per heavy atom. The minimum Gasteiger partial charge on any atom is -0.478 e. The fourth-order valence-corrected chi connectivity index (χ4v) is 2.13. The number of carboxylic acids is 1. The highest BCUT2D eigenvalue weighted by atomic mass is 16.4. The van der Waals surface area contributed by atoms with E-state index in [2.05, 4.69) is 11.8 Å². The number of hydrogen-bond donors (Lipinski definition) is 1. The molecular weight excluding hydrogens is 166 g/mol. The molecule has 0 bridgehead atoms. The zero-order valence-corrected chi connectivity index (χ0v) is 7.86. The van der Waals surface area contributed by atoms with Crippen LogP contribution in [0.25, 0.3) is 0 Å². The van der Waals surface area contributed by atoms with E-state index < -0.39 is 5.97 Å². The van der Waals surface area contributed by atoms with Gasteiger partial charge in [0.25, 0.3) is 0 Å². The summed E-state index contributed by atoms with van der Waals surface area (Å²) in [6.07, 6.45) is 4.90. The number of carbonyl (C=O) groups is 1. The Kier molecular flexibility index (Phi) is 2.12. The number of carboxylic acid groups (broad SMARTS) is 1. The van der Waals surface area contributed by atoms with Gasteiger partial charge in [-0.3, -0.25) is 4.90 Å². The fraction of sp³-hybridized carbons (Fsp3) is 0.700. The number of hydrogen-bond acceptors (Lipinski definition) is 2. The van der Waals surface area contributed by atoms with Crippen molar-refractivity contribution in [2.45, 2.75) is 38.3 Å². The van der Waals surface area contributed by atoms with Crippen molar-refractivity contribution in [2.75, 3.05) is 6.54 Å². The van der Waals surface area contributed by atoms with Crippen LogP contribution in [0.2, 0.25) is 0 Å². The molecular formula is C10H15NO2.